The number of hydrogen-bond donors (Lipinski definition) is 2. The fourth-order valence-electron chi connectivity index (χ4n) is 1.31. The van der Waals surface area contributed by atoms with Crippen molar-refractivity contribution in [1.29, 1.82) is 0 Å². The van der Waals surface area contributed by atoms with Crippen LogP contribution >= 0.6 is 0 Å². The quantitative estimate of drug-likeness (QED) is 0.710. The molecule has 1 amide bonds. The SMILES string of the molecule is CC(C)(C)OC(=O)NCC1(O)CCC1. The summed E-state index contributed by atoms with van der Waals surface area (Å²) in [5.74, 6) is 0. The standard InChI is InChI=1S/C10H19NO3/c1-9(2,3)14-8(12)11-7-10(13)5-4-6-10/h13H,4-7H2,1-3H3,(H,11,12). The van der Waals surface area contributed by atoms with Gasteiger partial charge in [0, 0.05) is 6.54 Å². The van der Waals surface area contributed by atoms with Gasteiger partial charge < -0.3 is 15.2 Å². The molecule has 0 spiro atoms. The predicted molar refractivity (Wildman–Crippen MR) is 53.0 cm³/mol. The van der Waals surface area contributed by atoms with Crippen molar-refractivity contribution in [1.82, 2.24) is 5.32 Å². The van der Waals surface area contributed by atoms with Crippen LogP contribution in [0.25, 0.3) is 0 Å². The lowest BCUT2D eigenvalue weighted by atomic mass is 9.80. The normalized spacial score (nSPS) is 19.7. The Hall–Kier alpha value is -0.770. The van der Waals surface area contributed by atoms with E-state index in [-0.39, 0.29) is 0 Å². The van der Waals surface area contributed by atoms with Crippen LogP contribution in [0, 0.1) is 0 Å². The number of carbonyl (C=O) groups is 1. The van der Waals surface area contributed by atoms with Gasteiger partial charge in [-0.05, 0) is 40.0 Å². The van der Waals surface area contributed by atoms with E-state index in [0.717, 1.165) is 19.3 Å². The molecule has 4 heteroatoms. The number of nitrogens with one attached hydrogen (secondary N) is 1. The van der Waals surface area contributed by atoms with E-state index in [2.05, 4.69) is 5.32 Å². The Balaban J connectivity index is 2.21. The predicted octanol–water partition coefficient (Wildman–Crippen LogP) is 1.43. The Morgan fingerprint density at radius 3 is 2.43 bits per heavy atom. The fraction of sp³-hybridized carbons (Fsp3) is 0.900. The maximum Gasteiger partial charge on any atom is 0.407 e. The van der Waals surface area contributed by atoms with Gasteiger partial charge in [0.05, 0.1) is 5.60 Å². The zero-order valence-corrected chi connectivity index (χ0v) is 9.09. The van der Waals surface area contributed by atoms with Gasteiger partial charge in [-0.2, -0.15) is 0 Å². The monoisotopic (exact) mass is 201 g/mol. The Kier molecular flexibility index (Phi) is 3.04. The molecule has 4 nitrogen and oxygen atoms in total. The number of hydrogen-bond acceptors (Lipinski definition) is 3. The summed E-state index contributed by atoms with van der Waals surface area (Å²) in [6, 6.07) is 0. The van der Waals surface area contributed by atoms with Crippen LogP contribution in [-0.2, 0) is 4.74 Å². The highest BCUT2D eigenvalue weighted by molar-refractivity contribution is 5.67. The van der Waals surface area contributed by atoms with Gasteiger partial charge in [-0.25, -0.2) is 4.79 Å². The van der Waals surface area contributed by atoms with Crippen LogP contribution < -0.4 is 5.32 Å². The topological polar surface area (TPSA) is 58.6 Å². The average molecular weight is 201 g/mol. The van der Waals surface area contributed by atoms with Gasteiger partial charge in [-0.3, -0.25) is 0 Å². The van der Waals surface area contributed by atoms with Crippen LogP contribution in [0.4, 0.5) is 4.79 Å². The number of amides is 1. The fourth-order valence-corrected chi connectivity index (χ4v) is 1.31. The molecule has 0 bridgehead atoms. The first-order valence-corrected chi connectivity index (χ1v) is 5.00. The van der Waals surface area contributed by atoms with Crippen LogP contribution in [0.15, 0.2) is 0 Å². The zero-order valence-electron chi connectivity index (χ0n) is 9.09. The van der Waals surface area contributed by atoms with Crippen LogP contribution in [0.5, 0.6) is 0 Å². The van der Waals surface area contributed by atoms with E-state index in [4.69, 9.17) is 4.74 Å². The van der Waals surface area contributed by atoms with Crippen molar-refractivity contribution in [3.63, 3.8) is 0 Å². The molecule has 0 radical (unpaired) electrons. The summed E-state index contributed by atoms with van der Waals surface area (Å²) < 4.78 is 5.04. The highest BCUT2D eigenvalue weighted by Crippen LogP contribution is 2.30. The second-order valence-electron chi connectivity index (χ2n) is 4.93. The Morgan fingerprint density at radius 2 is 2.07 bits per heavy atom. The van der Waals surface area contributed by atoms with Gasteiger partial charge in [0.1, 0.15) is 5.60 Å². The summed E-state index contributed by atoms with van der Waals surface area (Å²) >= 11 is 0. The molecule has 1 rings (SSSR count). The molecule has 0 heterocycles. The summed E-state index contributed by atoms with van der Waals surface area (Å²) in [6.45, 7) is 5.72. The van der Waals surface area contributed by atoms with E-state index in [9.17, 15) is 9.90 Å². The molecule has 0 aromatic carbocycles. The third-order valence-electron chi connectivity index (χ3n) is 2.24. The highest BCUT2D eigenvalue weighted by Gasteiger charge is 2.34. The van der Waals surface area contributed by atoms with Crippen molar-refractivity contribution in [2.75, 3.05) is 6.54 Å². The van der Waals surface area contributed by atoms with Crippen molar-refractivity contribution < 1.29 is 14.6 Å². The number of alkyl carbamates (subject to hydrolysis) is 1. The third kappa shape index (κ3) is 3.54. The molecular weight excluding hydrogens is 182 g/mol. The van der Waals surface area contributed by atoms with Crippen LogP contribution in [0.3, 0.4) is 0 Å². The second kappa shape index (κ2) is 3.77. The minimum atomic E-state index is -0.684. The van der Waals surface area contributed by atoms with Crippen LogP contribution in [-0.4, -0.2) is 28.9 Å². The minimum Gasteiger partial charge on any atom is -0.444 e. The molecule has 0 atom stereocenters. The molecule has 82 valence electrons. The van der Waals surface area contributed by atoms with E-state index < -0.39 is 17.3 Å². The third-order valence-corrected chi connectivity index (χ3v) is 2.24. The lowest BCUT2D eigenvalue weighted by Crippen LogP contribution is -2.48. The molecule has 1 aliphatic rings. The summed E-state index contributed by atoms with van der Waals surface area (Å²) in [7, 11) is 0. The first-order chi connectivity index (χ1) is 6.31. The van der Waals surface area contributed by atoms with Crippen molar-refractivity contribution >= 4 is 6.09 Å². The van der Waals surface area contributed by atoms with Gasteiger partial charge in [-0.15, -0.1) is 0 Å². The van der Waals surface area contributed by atoms with Crippen LogP contribution in [0.1, 0.15) is 40.0 Å². The van der Waals surface area contributed by atoms with Crippen molar-refractivity contribution in [3.05, 3.63) is 0 Å². The lowest BCUT2D eigenvalue weighted by Gasteiger charge is -2.36. The molecule has 0 aromatic heterocycles. The molecule has 1 saturated carbocycles. The van der Waals surface area contributed by atoms with Gasteiger partial charge in [0.15, 0.2) is 0 Å². The minimum absolute atomic E-state index is 0.294. The summed E-state index contributed by atoms with van der Waals surface area (Å²) in [4.78, 5) is 11.2. The van der Waals surface area contributed by atoms with Gasteiger partial charge in [0.2, 0.25) is 0 Å². The maximum atomic E-state index is 11.2. The first-order valence-electron chi connectivity index (χ1n) is 5.00. The zero-order chi connectivity index (χ0) is 10.8. The van der Waals surface area contributed by atoms with E-state index in [1.165, 1.54) is 0 Å². The van der Waals surface area contributed by atoms with Gasteiger partial charge in [-0.1, -0.05) is 0 Å². The first kappa shape index (κ1) is 11.3. The van der Waals surface area contributed by atoms with Gasteiger partial charge in [0.25, 0.3) is 0 Å². The maximum absolute atomic E-state index is 11.2. The molecule has 1 fully saturated rings. The largest absolute Gasteiger partial charge is 0.444 e. The van der Waals surface area contributed by atoms with Gasteiger partial charge >= 0.3 is 6.09 Å². The summed E-state index contributed by atoms with van der Waals surface area (Å²) in [6.07, 6.45) is 2.11. The number of ether oxygens (including phenoxy) is 1. The Labute approximate surface area is 84.6 Å². The molecule has 0 saturated heterocycles. The van der Waals surface area contributed by atoms with E-state index in [1.807, 2.05) is 20.8 Å². The molecule has 0 unspecified atom stereocenters. The summed E-state index contributed by atoms with van der Waals surface area (Å²) in [5.41, 5.74) is -1.16. The van der Waals surface area contributed by atoms with E-state index in [1.54, 1.807) is 0 Å². The van der Waals surface area contributed by atoms with E-state index in [0.29, 0.717) is 6.54 Å². The number of aliphatic hydroxyl groups is 1. The molecule has 0 aromatic rings. The van der Waals surface area contributed by atoms with Crippen LogP contribution in [0.2, 0.25) is 0 Å². The summed E-state index contributed by atoms with van der Waals surface area (Å²) in [5, 5.41) is 12.3. The molecular formula is C10H19NO3. The molecule has 1 aliphatic carbocycles. The lowest BCUT2D eigenvalue weighted by molar-refractivity contribution is -0.0337. The highest BCUT2D eigenvalue weighted by atomic mass is 16.6. The molecule has 2 N–H and O–H groups in total. The number of carbonyl (C=O) groups excluding carboxylic acids is 1. The number of rotatable bonds is 2. The average Bonchev–Trinajstić information content (AvgIpc) is 1.94. The van der Waals surface area contributed by atoms with Crippen molar-refractivity contribution in [3.8, 4) is 0 Å². The van der Waals surface area contributed by atoms with Crippen molar-refractivity contribution in [2.24, 2.45) is 0 Å². The molecule has 14 heavy (non-hydrogen) atoms. The molecule has 0 aliphatic heterocycles. The van der Waals surface area contributed by atoms with Crippen molar-refractivity contribution in [2.45, 2.75) is 51.2 Å². The Morgan fingerprint density at radius 1 is 1.50 bits per heavy atom. The smallest absolute Gasteiger partial charge is 0.407 e. The second-order valence-corrected chi connectivity index (χ2v) is 4.93. The Bertz CT molecular complexity index is 216. The van der Waals surface area contributed by atoms with E-state index >= 15 is 0 Å².